The normalized spacial score (nSPS) is 11.6. The van der Waals surface area contributed by atoms with Crippen LogP contribution in [0.5, 0.6) is 5.75 Å². The predicted octanol–water partition coefficient (Wildman–Crippen LogP) is 5.52. The van der Waals surface area contributed by atoms with Crippen LogP contribution in [0.15, 0.2) is 54.6 Å². The molecule has 1 aromatic heterocycles. The highest BCUT2D eigenvalue weighted by atomic mass is 16.5. The van der Waals surface area contributed by atoms with E-state index in [1.807, 2.05) is 55.2 Å². The largest absolute Gasteiger partial charge is 0.493 e. The molecular formula is C27H35N3O3. The van der Waals surface area contributed by atoms with Gasteiger partial charge in [0.2, 0.25) is 0 Å². The highest BCUT2D eigenvalue weighted by Gasteiger charge is 2.25. The van der Waals surface area contributed by atoms with Crippen molar-refractivity contribution in [1.29, 1.82) is 0 Å². The van der Waals surface area contributed by atoms with Gasteiger partial charge in [0.05, 0.1) is 36.0 Å². The Morgan fingerprint density at radius 2 is 1.82 bits per heavy atom. The van der Waals surface area contributed by atoms with Crippen LogP contribution in [0.25, 0.3) is 16.9 Å². The molecule has 33 heavy (non-hydrogen) atoms. The average molecular weight is 450 g/mol. The lowest BCUT2D eigenvalue weighted by Gasteiger charge is -2.21. The van der Waals surface area contributed by atoms with Crippen LogP contribution in [0, 0.1) is 5.92 Å². The maximum Gasteiger partial charge on any atom is 0.161 e. The number of nitrogens with zero attached hydrogens (tertiary/aromatic N) is 3. The molecule has 0 unspecified atom stereocenters. The third-order valence-corrected chi connectivity index (χ3v) is 5.49. The van der Waals surface area contributed by atoms with E-state index in [-0.39, 0.29) is 12.4 Å². The minimum absolute atomic E-state index is 0.0184. The first-order chi connectivity index (χ1) is 15.6. The standard InChI is InChI=1S/C27H35N3O3/c1-19(2)17-32-23-12-10-11-21(15-23)26-16-22(18-33-27(4,5)20(3)31)28-30(26)25-14-9-8-13-24(25)29(6)7/h8-16,19H,17-18H2,1-7H3. The van der Waals surface area contributed by atoms with Gasteiger partial charge >= 0.3 is 0 Å². The van der Waals surface area contributed by atoms with Crippen molar-refractivity contribution in [1.82, 2.24) is 9.78 Å². The number of benzene rings is 2. The number of hydrogen-bond acceptors (Lipinski definition) is 5. The number of ketones is 1. The number of para-hydroxylation sites is 2. The SMILES string of the molecule is CC(=O)C(C)(C)OCc1cc(-c2cccc(OCC(C)C)c2)n(-c2ccccc2N(C)C)n1. The molecule has 3 aromatic rings. The summed E-state index contributed by atoms with van der Waals surface area (Å²) in [4.78, 5) is 14.0. The first-order valence-electron chi connectivity index (χ1n) is 11.3. The molecule has 0 amide bonds. The van der Waals surface area contributed by atoms with E-state index in [1.165, 1.54) is 0 Å². The molecule has 0 N–H and O–H groups in total. The van der Waals surface area contributed by atoms with Crippen molar-refractivity contribution in [3.63, 3.8) is 0 Å². The zero-order chi connectivity index (χ0) is 24.2. The van der Waals surface area contributed by atoms with Crippen LogP contribution in [-0.4, -0.2) is 41.9 Å². The molecule has 0 spiro atoms. The summed E-state index contributed by atoms with van der Waals surface area (Å²) in [6.07, 6.45) is 0. The third-order valence-electron chi connectivity index (χ3n) is 5.49. The van der Waals surface area contributed by atoms with E-state index in [0.29, 0.717) is 12.5 Å². The lowest BCUT2D eigenvalue weighted by atomic mass is 10.1. The molecule has 0 aliphatic carbocycles. The van der Waals surface area contributed by atoms with E-state index >= 15 is 0 Å². The Balaban J connectivity index is 2.06. The highest BCUT2D eigenvalue weighted by molar-refractivity contribution is 5.84. The number of ether oxygens (including phenoxy) is 2. The molecule has 0 saturated heterocycles. The van der Waals surface area contributed by atoms with Crippen LogP contribution in [-0.2, 0) is 16.1 Å². The van der Waals surface area contributed by atoms with Crippen molar-refractivity contribution >= 4 is 11.5 Å². The zero-order valence-corrected chi connectivity index (χ0v) is 20.8. The maximum absolute atomic E-state index is 11.9. The molecule has 0 atom stereocenters. The molecule has 1 heterocycles. The van der Waals surface area contributed by atoms with Gasteiger partial charge < -0.3 is 14.4 Å². The second kappa shape index (κ2) is 10.2. The molecular weight excluding hydrogens is 414 g/mol. The molecule has 0 radical (unpaired) electrons. The molecule has 6 nitrogen and oxygen atoms in total. The van der Waals surface area contributed by atoms with Gasteiger partial charge in [-0.1, -0.05) is 38.1 Å². The number of carbonyl (C=O) groups excluding carboxylic acids is 1. The van der Waals surface area contributed by atoms with E-state index in [1.54, 1.807) is 20.8 Å². The maximum atomic E-state index is 11.9. The highest BCUT2D eigenvalue weighted by Crippen LogP contribution is 2.31. The Labute approximate surface area is 197 Å². The van der Waals surface area contributed by atoms with Crippen LogP contribution in [0.4, 0.5) is 5.69 Å². The van der Waals surface area contributed by atoms with Crippen molar-refractivity contribution < 1.29 is 14.3 Å². The van der Waals surface area contributed by atoms with Crippen LogP contribution in [0.2, 0.25) is 0 Å². The lowest BCUT2D eigenvalue weighted by molar-refractivity contribution is -0.139. The van der Waals surface area contributed by atoms with Crippen LogP contribution >= 0.6 is 0 Å². The molecule has 3 rings (SSSR count). The van der Waals surface area contributed by atoms with E-state index in [0.717, 1.165) is 34.1 Å². The van der Waals surface area contributed by atoms with E-state index < -0.39 is 5.60 Å². The summed E-state index contributed by atoms with van der Waals surface area (Å²) >= 11 is 0. The monoisotopic (exact) mass is 449 g/mol. The van der Waals surface area contributed by atoms with Gasteiger partial charge in [-0.05, 0) is 57.0 Å². The number of aromatic nitrogens is 2. The van der Waals surface area contributed by atoms with Crippen molar-refractivity contribution in [3.8, 4) is 22.7 Å². The first-order valence-corrected chi connectivity index (χ1v) is 11.3. The molecule has 0 bridgehead atoms. The summed E-state index contributed by atoms with van der Waals surface area (Å²) < 4.78 is 13.8. The van der Waals surface area contributed by atoms with Gasteiger partial charge in [0.25, 0.3) is 0 Å². The number of anilines is 1. The van der Waals surface area contributed by atoms with Gasteiger partial charge in [-0.25, -0.2) is 4.68 Å². The molecule has 0 saturated carbocycles. The topological polar surface area (TPSA) is 56.6 Å². The second-order valence-corrected chi connectivity index (χ2v) is 9.40. The molecule has 0 aliphatic heterocycles. The van der Waals surface area contributed by atoms with Crippen LogP contribution < -0.4 is 9.64 Å². The summed E-state index contributed by atoms with van der Waals surface area (Å²) in [5, 5.41) is 4.88. The Morgan fingerprint density at radius 3 is 2.48 bits per heavy atom. The van der Waals surface area contributed by atoms with Crippen LogP contribution in [0.3, 0.4) is 0 Å². The number of carbonyl (C=O) groups is 1. The number of hydrogen-bond donors (Lipinski definition) is 0. The fourth-order valence-electron chi connectivity index (χ4n) is 3.28. The molecule has 6 heteroatoms. The summed E-state index contributed by atoms with van der Waals surface area (Å²) in [5.41, 5.74) is 3.82. The van der Waals surface area contributed by atoms with E-state index in [4.69, 9.17) is 14.6 Å². The summed E-state index contributed by atoms with van der Waals surface area (Å²) in [6.45, 7) is 10.3. The van der Waals surface area contributed by atoms with Gasteiger partial charge in [-0.15, -0.1) is 0 Å². The summed E-state index contributed by atoms with van der Waals surface area (Å²) in [5.74, 6) is 1.25. The smallest absolute Gasteiger partial charge is 0.161 e. The van der Waals surface area contributed by atoms with Crippen molar-refractivity contribution in [2.24, 2.45) is 5.92 Å². The van der Waals surface area contributed by atoms with Gasteiger partial charge in [0.15, 0.2) is 5.78 Å². The average Bonchev–Trinajstić information content (AvgIpc) is 3.21. The second-order valence-electron chi connectivity index (χ2n) is 9.40. The fraction of sp³-hybridized carbons (Fsp3) is 0.407. The lowest BCUT2D eigenvalue weighted by Crippen LogP contribution is -2.32. The molecule has 2 aromatic carbocycles. The van der Waals surface area contributed by atoms with E-state index in [9.17, 15) is 4.79 Å². The summed E-state index contributed by atoms with van der Waals surface area (Å²) in [6, 6.07) is 18.2. The van der Waals surface area contributed by atoms with Crippen LogP contribution in [0.1, 0.15) is 40.3 Å². The predicted molar refractivity (Wildman–Crippen MR) is 133 cm³/mol. The minimum Gasteiger partial charge on any atom is -0.493 e. The van der Waals surface area contributed by atoms with Gasteiger partial charge in [-0.2, -0.15) is 5.10 Å². The third kappa shape index (κ3) is 6.02. The minimum atomic E-state index is -0.865. The Bertz CT molecular complexity index is 1100. The first kappa shape index (κ1) is 24.5. The van der Waals surface area contributed by atoms with Crippen molar-refractivity contribution in [2.75, 3.05) is 25.6 Å². The van der Waals surface area contributed by atoms with E-state index in [2.05, 4.69) is 36.9 Å². The Hall–Kier alpha value is -3.12. The van der Waals surface area contributed by atoms with Crippen molar-refractivity contribution in [3.05, 3.63) is 60.3 Å². The Kier molecular flexibility index (Phi) is 7.59. The van der Waals surface area contributed by atoms with Crippen molar-refractivity contribution in [2.45, 2.75) is 46.8 Å². The Morgan fingerprint density at radius 1 is 1.09 bits per heavy atom. The molecule has 0 aliphatic rings. The van der Waals surface area contributed by atoms with Gasteiger partial charge in [0, 0.05) is 19.7 Å². The quantitative estimate of drug-likeness (QED) is 0.408. The molecule has 176 valence electrons. The fourth-order valence-corrected chi connectivity index (χ4v) is 3.28. The number of Topliss-reactive ketones (excluding diaryl/α,β-unsaturated/α-hetero) is 1. The number of rotatable bonds is 10. The molecule has 0 fully saturated rings. The summed E-state index contributed by atoms with van der Waals surface area (Å²) in [7, 11) is 4.03. The van der Waals surface area contributed by atoms with Gasteiger partial charge in [-0.3, -0.25) is 4.79 Å². The zero-order valence-electron chi connectivity index (χ0n) is 20.8. The van der Waals surface area contributed by atoms with Gasteiger partial charge in [0.1, 0.15) is 11.4 Å².